The fourth-order valence-corrected chi connectivity index (χ4v) is 6.96. The first-order chi connectivity index (χ1) is 15.8. The summed E-state index contributed by atoms with van der Waals surface area (Å²) in [5.41, 5.74) is 1.46. The highest BCUT2D eigenvalue weighted by Crippen LogP contribution is 2.47. The van der Waals surface area contributed by atoms with Crippen molar-refractivity contribution in [3.8, 4) is 0 Å². The van der Waals surface area contributed by atoms with Crippen molar-refractivity contribution in [1.82, 2.24) is 25.1 Å². The van der Waals surface area contributed by atoms with Gasteiger partial charge >= 0.3 is 5.97 Å². The Kier molecular flexibility index (Phi) is 5.00. The molecule has 33 heavy (non-hydrogen) atoms. The second-order valence-electron chi connectivity index (χ2n) is 8.37. The zero-order chi connectivity index (χ0) is 23.2. The predicted molar refractivity (Wildman–Crippen MR) is 115 cm³/mol. The molecule has 10 nitrogen and oxygen atoms in total. The van der Waals surface area contributed by atoms with Gasteiger partial charge in [-0.05, 0) is 28.5 Å². The average Bonchev–Trinajstić information content (AvgIpc) is 3.36. The summed E-state index contributed by atoms with van der Waals surface area (Å²) in [6.07, 6.45) is 0.352. The fraction of sp³-hybridized carbons (Fsp3) is 0.318. The Bertz CT molecular complexity index is 1240. The fourth-order valence-electron chi connectivity index (χ4n) is 4.61. The summed E-state index contributed by atoms with van der Waals surface area (Å²) in [5, 5.41) is 9.81. The molecule has 0 bridgehead atoms. The third-order valence-corrected chi connectivity index (χ3v) is 9.10. The predicted octanol–water partition coefficient (Wildman–Crippen LogP) is 1.12. The lowest BCUT2D eigenvalue weighted by atomic mass is 9.95. The average molecular weight is 468 g/mol. The van der Waals surface area contributed by atoms with Gasteiger partial charge in [-0.2, -0.15) is 0 Å². The van der Waals surface area contributed by atoms with Crippen LogP contribution in [0.5, 0.6) is 0 Å². The quantitative estimate of drug-likeness (QED) is 0.390. The Morgan fingerprint density at radius 1 is 1.12 bits per heavy atom. The van der Waals surface area contributed by atoms with Gasteiger partial charge in [-0.25, -0.2) is 17.9 Å². The van der Waals surface area contributed by atoms with Crippen LogP contribution in [0.4, 0.5) is 0 Å². The molecule has 0 spiro atoms. The van der Waals surface area contributed by atoms with Crippen molar-refractivity contribution in [2.75, 3.05) is 0 Å². The molecule has 2 aliphatic rings. The molecular weight excluding hydrogens is 446 g/mol. The lowest BCUT2D eigenvalue weighted by Gasteiger charge is -2.37. The molecule has 0 N–H and O–H groups in total. The van der Waals surface area contributed by atoms with Crippen LogP contribution < -0.4 is 0 Å². The van der Waals surface area contributed by atoms with Gasteiger partial charge in [0.05, 0.1) is 13.0 Å². The molecule has 0 saturated carbocycles. The van der Waals surface area contributed by atoms with Gasteiger partial charge < -0.3 is 9.64 Å². The van der Waals surface area contributed by atoms with E-state index < -0.39 is 44.0 Å². The molecular formula is C22H21N5O5S. The van der Waals surface area contributed by atoms with Crippen LogP contribution >= 0.6 is 0 Å². The smallest absolute Gasteiger partial charge is 0.331 e. The number of β-lactam (4-membered cyclic amide) rings is 1. The number of amides is 1. The minimum atomic E-state index is -3.91. The van der Waals surface area contributed by atoms with Crippen LogP contribution in [-0.4, -0.2) is 61.6 Å². The molecule has 5 rings (SSSR count). The molecule has 0 radical (unpaired) electrons. The second-order valence-corrected chi connectivity index (χ2v) is 10.9. The Morgan fingerprint density at radius 2 is 1.73 bits per heavy atom. The van der Waals surface area contributed by atoms with Crippen LogP contribution in [0.25, 0.3) is 0 Å². The third kappa shape index (κ3) is 3.30. The van der Waals surface area contributed by atoms with Gasteiger partial charge in [0.15, 0.2) is 22.0 Å². The summed E-state index contributed by atoms with van der Waals surface area (Å²) >= 11 is 0. The molecule has 1 amide bonds. The van der Waals surface area contributed by atoms with E-state index in [4.69, 9.17) is 4.74 Å². The molecule has 3 unspecified atom stereocenters. The molecule has 11 heteroatoms. The standard InChI is InChI=1S/C22H21N5O5S/c1-22(13-26-14-23-24-25-26)20(27-17(28)12-18(27)33(22,30)31)21(29)32-19(15-8-4-2-5-9-15)16-10-6-3-7-11-16/h2-11,14,18-20H,12-13H2,1H3. The molecule has 3 atom stereocenters. The Labute approximate surface area is 190 Å². The Hall–Kier alpha value is -3.60. The number of carbonyl (C=O) groups excluding carboxylic acids is 2. The molecule has 3 heterocycles. The van der Waals surface area contributed by atoms with Crippen molar-refractivity contribution in [3.05, 3.63) is 78.1 Å². The summed E-state index contributed by atoms with van der Waals surface area (Å²) in [6.45, 7) is 1.26. The number of tetrazole rings is 1. The van der Waals surface area contributed by atoms with Crippen LogP contribution in [0.2, 0.25) is 0 Å². The van der Waals surface area contributed by atoms with Gasteiger partial charge in [-0.3, -0.25) is 4.79 Å². The molecule has 2 aliphatic heterocycles. The highest BCUT2D eigenvalue weighted by atomic mass is 32.2. The number of rotatable bonds is 6. The summed E-state index contributed by atoms with van der Waals surface area (Å²) < 4.78 is 32.4. The number of nitrogens with zero attached hydrogens (tertiary/aromatic N) is 5. The van der Waals surface area contributed by atoms with Crippen LogP contribution in [0, 0.1) is 0 Å². The van der Waals surface area contributed by atoms with E-state index in [1.54, 1.807) is 0 Å². The van der Waals surface area contributed by atoms with E-state index in [2.05, 4.69) is 15.5 Å². The number of carbonyl (C=O) groups is 2. The lowest BCUT2D eigenvalue weighted by molar-refractivity contribution is -0.164. The summed E-state index contributed by atoms with van der Waals surface area (Å²) in [6, 6.07) is 17.0. The molecule has 2 fully saturated rings. The van der Waals surface area contributed by atoms with E-state index in [9.17, 15) is 18.0 Å². The van der Waals surface area contributed by atoms with E-state index >= 15 is 0 Å². The van der Waals surface area contributed by atoms with E-state index in [-0.39, 0.29) is 13.0 Å². The van der Waals surface area contributed by atoms with Gasteiger partial charge in [0, 0.05) is 0 Å². The van der Waals surface area contributed by atoms with Crippen molar-refractivity contribution < 1.29 is 22.7 Å². The number of aromatic nitrogens is 4. The number of esters is 1. The zero-order valence-electron chi connectivity index (χ0n) is 17.7. The van der Waals surface area contributed by atoms with Crippen LogP contribution in [0.1, 0.15) is 30.6 Å². The SMILES string of the molecule is CC1(Cn2cnnn2)C(C(=O)OC(c2ccccc2)c2ccccc2)N2C(=O)CC2S1(=O)=O. The van der Waals surface area contributed by atoms with Crippen molar-refractivity contribution in [2.24, 2.45) is 0 Å². The summed E-state index contributed by atoms with van der Waals surface area (Å²) in [5.74, 6) is -1.19. The van der Waals surface area contributed by atoms with Crippen molar-refractivity contribution in [1.29, 1.82) is 0 Å². The van der Waals surface area contributed by atoms with Gasteiger partial charge in [-0.15, -0.1) is 5.10 Å². The number of ether oxygens (including phenoxy) is 1. The molecule has 1 aromatic heterocycles. The van der Waals surface area contributed by atoms with Gasteiger partial charge in [0.1, 0.15) is 16.4 Å². The van der Waals surface area contributed by atoms with Crippen LogP contribution in [0.15, 0.2) is 67.0 Å². The maximum atomic E-state index is 13.6. The van der Waals surface area contributed by atoms with Crippen LogP contribution in [0.3, 0.4) is 0 Å². The lowest BCUT2D eigenvalue weighted by Crippen LogP contribution is -2.58. The van der Waals surface area contributed by atoms with E-state index in [1.165, 1.54) is 17.9 Å². The Balaban J connectivity index is 1.54. The van der Waals surface area contributed by atoms with E-state index in [1.807, 2.05) is 60.7 Å². The topological polar surface area (TPSA) is 124 Å². The first-order valence-corrected chi connectivity index (χ1v) is 11.9. The summed E-state index contributed by atoms with van der Waals surface area (Å²) in [7, 11) is -3.91. The number of hydrogen-bond donors (Lipinski definition) is 0. The minimum absolute atomic E-state index is 0.155. The summed E-state index contributed by atoms with van der Waals surface area (Å²) in [4.78, 5) is 27.2. The van der Waals surface area contributed by atoms with Gasteiger partial charge in [0.25, 0.3) is 0 Å². The first kappa shape index (κ1) is 21.3. The van der Waals surface area contributed by atoms with Crippen molar-refractivity contribution >= 4 is 21.7 Å². The first-order valence-electron chi connectivity index (χ1n) is 10.4. The van der Waals surface area contributed by atoms with Gasteiger partial charge in [-0.1, -0.05) is 60.7 Å². The number of benzene rings is 2. The number of sulfone groups is 1. The van der Waals surface area contributed by atoms with Crippen LogP contribution in [-0.2, 0) is 30.7 Å². The minimum Gasteiger partial charge on any atom is -0.451 e. The third-order valence-electron chi connectivity index (χ3n) is 6.34. The zero-order valence-corrected chi connectivity index (χ0v) is 18.5. The molecule has 2 saturated heterocycles. The maximum Gasteiger partial charge on any atom is 0.331 e. The number of fused-ring (bicyclic) bond motifs is 1. The molecule has 2 aromatic carbocycles. The van der Waals surface area contributed by atoms with Gasteiger partial charge in [0.2, 0.25) is 5.91 Å². The Morgan fingerprint density at radius 3 is 2.24 bits per heavy atom. The number of hydrogen-bond acceptors (Lipinski definition) is 8. The monoisotopic (exact) mass is 467 g/mol. The molecule has 3 aromatic rings. The normalized spacial score (nSPS) is 25.5. The molecule has 0 aliphatic carbocycles. The maximum absolute atomic E-state index is 13.6. The molecule has 170 valence electrons. The largest absolute Gasteiger partial charge is 0.451 e. The van der Waals surface area contributed by atoms with E-state index in [0.717, 1.165) is 16.0 Å². The van der Waals surface area contributed by atoms with Crippen molar-refractivity contribution in [2.45, 2.75) is 42.2 Å². The van der Waals surface area contributed by atoms with Crippen molar-refractivity contribution in [3.63, 3.8) is 0 Å². The highest BCUT2D eigenvalue weighted by Gasteiger charge is 2.70. The highest BCUT2D eigenvalue weighted by molar-refractivity contribution is 7.93. The van der Waals surface area contributed by atoms with E-state index in [0.29, 0.717) is 0 Å². The second kappa shape index (κ2) is 7.77.